The summed E-state index contributed by atoms with van der Waals surface area (Å²) in [5.41, 5.74) is 6.28. The largest absolute Gasteiger partial charge is 0.444 e. The Bertz CT molecular complexity index is 1480. The van der Waals surface area contributed by atoms with Crippen LogP contribution in [0.1, 0.15) is 36.8 Å². The van der Waals surface area contributed by atoms with Crippen molar-refractivity contribution in [2.75, 3.05) is 26.2 Å². The maximum Gasteiger partial charge on any atom is 0.410 e. The molecule has 0 saturated carbocycles. The van der Waals surface area contributed by atoms with Crippen molar-refractivity contribution in [3.63, 3.8) is 0 Å². The van der Waals surface area contributed by atoms with Crippen LogP contribution in [0, 0.1) is 6.92 Å². The molecule has 6 heteroatoms. The fourth-order valence-corrected chi connectivity index (χ4v) is 4.90. The molecule has 0 N–H and O–H groups in total. The summed E-state index contributed by atoms with van der Waals surface area (Å²) in [6.45, 7) is 9.39. The first-order valence-corrected chi connectivity index (χ1v) is 13.0. The number of rotatable bonds is 3. The zero-order valence-electron chi connectivity index (χ0n) is 22.4. The highest BCUT2D eigenvalue weighted by Gasteiger charge is 2.28. The van der Waals surface area contributed by atoms with Gasteiger partial charge in [-0.15, -0.1) is 0 Å². The first-order valence-electron chi connectivity index (χ1n) is 13.0. The number of nitrogens with zero attached hydrogens (tertiary/aromatic N) is 3. The second-order valence-electron chi connectivity index (χ2n) is 10.7. The summed E-state index contributed by atoms with van der Waals surface area (Å²) in [4.78, 5) is 34.2. The van der Waals surface area contributed by atoms with Gasteiger partial charge in [0.1, 0.15) is 5.60 Å². The van der Waals surface area contributed by atoms with E-state index in [-0.39, 0.29) is 12.0 Å². The van der Waals surface area contributed by atoms with Gasteiger partial charge in [0, 0.05) is 42.8 Å². The second-order valence-corrected chi connectivity index (χ2v) is 10.7. The lowest BCUT2D eigenvalue weighted by atomic mass is 9.91. The van der Waals surface area contributed by atoms with Crippen molar-refractivity contribution in [2.45, 2.75) is 33.3 Å². The number of hydrogen-bond acceptors (Lipinski definition) is 4. The van der Waals surface area contributed by atoms with Gasteiger partial charge in [-0.2, -0.15) is 0 Å². The van der Waals surface area contributed by atoms with Crippen LogP contribution in [-0.2, 0) is 4.74 Å². The Morgan fingerprint density at radius 2 is 1.39 bits per heavy atom. The molecule has 38 heavy (non-hydrogen) atoms. The number of benzene rings is 3. The van der Waals surface area contributed by atoms with Gasteiger partial charge in [-0.05, 0) is 74.2 Å². The molecule has 0 bridgehead atoms. The lowest BCUT2D eigenvalue weighted by Gasteiger charge is -2.35. The molecule has 2 amide bonds. The molecule has 5 rings (SSSR count). The molecule has 0 spiro atoms. The molecular weight excluding hydrogens is 474 g/mol. The van der Waals surface area contributed by atoms with E-state index in [2.05, 4.69) is 30.3 Å². The average Bonchev–Trinajstić information content (AvgIpc) is 2.91. The third-order valence-electron chi connectivity index (χ3n) is 6.70. The standard InChI is InChI=1S/C32H33N3O3/c1-22-20-27(26-13-9-8-12-25(26)23-10-6-5-7-11-23)28-21-24(14-15-29(28)33-22)30(36)34-16-18-35(19-17-34)31(37)38-32(2,3)4/h5-15,20-21H,16-19H2,1-4H3. The van der Waals surface area contributed by atoms with E-state index < -0.39 is 5.60 Å². The maximum absolute atomic E-state index is 13.5. The minimum atomic E-state index is -0.543. The normalized spacial score (nSPS) is 14.0. The van der Waals surface area contributed by atoms with Crippen molar-refractivity contribution < 1.29 is 14.3 Å². The van der Waals surface area contributed by atoms with Crippen LogP contribution < -0.4 is 0 Å². The summed E-state index contributed by atoms with van der Waals surface area (Å²) < 4.78 is 5.49. The number of pyridine rings is 1. The number of aromatic nitrogens is 1. The number of hydrogen-bond donors (Lipinski definition) is 0. The van der Waals surface area contributed by atoms with Gasteiger partial charge >= 0.3 is 6.09 Å². The highest BCUT2D eigenvalue weighted by atomic mass is 16.6. The minimum Gasteiger partial charge on any atom is -0.444 e. The molecular formula is C32H33N3O3. The van der Waals surface area contributed by atoms with Crippen molar-refractivity contribution >= 4 is 22.9 Å². The number of fused-ring (bicyclic) bond motifs is 1. The summed E-state index contributed by atoms with van der Waals surface area (Å²) >= 11 is 0. The van der Waals surface area contributed by atoms with Crippen LogP contribution in [0.2, 0.25) is 0 Å². The first-order chi connectivity index (χ1) is 18.2. The Kier molecular flexibility index (Phi) is 6.89. The summed E-state index contributed by atoms with van der Waals surface area (Å²) in [6.07, 6.45) is -0.335. The number of piperazine rings is 1. The zero-order chi connectivity index (χ0) is 26.9. The van der Waals surface area contributed by atoms with E-state index in [1.165, 1.54) is 0 Å². The molecule has 1 aliphatic heterocycles. The van der Waals surface area contributed by atoms with Crippen LogP contribution in [-0.4, -0.2) is 58.6 Å². The first kappa shape index (κ1) is 25.5. The van der Waals surface area contributed by atoms with Crippen molar-refractivity contribution in [3.8, 4) is 22.3 Å². The van der Waals surface area contributed by atoms with Crippen LogP contribution >= 0.6 is 0 Å². The minimum absolute atomic E-state index is 0.0430. The summed E-state index contributed by atoms with van der Waals surface area (Å²) in [5, 5.41) is 0.942. The van der Waals surface area contributed by atoms with E-state index in [9.17, 15) is 9.59 Å². The van der Waals surface area contributed by atoms with E-state index in [0.717, 1.165) is 38.9 Å². The Labute approximate surface area is 223 Å². The SMILES string of the molecule is Cc1cc(-c2ccccc2-c2ccccc2)c2cc(C(=O)N3CCN(C(=O)OC(C)(C)C)CC3)ccc2n1. The molecule has 1 aromatic heterocycles. The van der Waals surface area contributed by atoms with E-state index in [1.807, 2.05) is 76.2 Å². The Hall–Kier alpha value is -4.19. The lowest BCUT2D eigenvalue weighted by Crippen LogP contribution is -2.51. The zero-order valence-corrected chi connectivity index (χ0v) is 22.4. The molecule has 0 unspecified atom stereocenters. The monoisotopic (exact) mass is 507 g/mol. The maximum atomic E-state index is 13.5. The Balaban J connectivity index is 1.45. The molecule has 1 aliphatic rings. The van der Waals surface area contributed by atoms with Crippen LogP contribution in [0.5, 0.6) is 0 Å². The number of amides is 2. The topological polar surface area (TPSA) is 62.7 Å². The van der Waals surface area contributed by atoms with E-state index >= 15 is 0 Å². The Morgan fingerprint density at radius 1 is 0.763 bits per heavy atom. The number of carbonyl (C=O) groups is 2. The van der Waals surface area contributed by atoms with Gasteiger partial charge in [-0.1, -0.05) is 54.6 Å². The molecule has 6 nitrogen and oxygen atoms in total. The molecule has 0 radical (unpaired) electrons. The van der Waals surface area contributed by atoms with E-state index in [0.29, 0.717) is 31.7 Å². The summed E-state index contributed by atoms with van der Waals surface area (Å²) in [5.74, 6) is -0.0430. The smallest absolute Gasteiger partial charge is 0.410 e. The fourth-order valence-electron chi connectivity index (χ4n) is 4.90. The van der Waals surface area contributed by atoms with Gasteiger partial charge < -0.3 is 14.5 Å². The van der Waals surface area contributed by atoms with Crippen molar-refractivity contribution in [3.05, 3.63) is 90.1 Å². The van der Waals surface area contributed by atoms with Crippen LogP contribution in [0.15, 0.2) is 78.9 Å². The van der Waals surface area contributed by atoms with Gasteiger partial charge in [0.05, 0.1) is 5.52 Å². The summed E-state index contributed by atoms with van der Waals surface area (Å²) in [7, 11) is 0. The van der Waals surface area contributed by atoms with Gasteiger partial charge in [0.2, 0.25) is 0 Å². The third-order valence-corrected chi connectivity index (χ3v) is 6.70. The van der Waals surface area contributed by atoms with Gasteiger partial charge in [-0.3, -0.25) is 9.78 Å². The quantitative estimate of drug-likeness (QED) is 0.315. The lowest BCUT2D eigenvalue weighted by molar-refractivity contribution is 0.0141. The number of carbonyl (C=O) groups excluding carboxylic acids is 2. The molecule has 194 valence electrons. The highest BCUT2D eigenvalue weighted by Crippen LogP contribution is 2.36. The van der Waals surface area contributed by atoms with E-state index in [1.54, 1.807) is 9.80 Å². The predicted molar refractivity (Wildman–Crippen MR) is 151 cm³/mol. The molecule has 0 aliphatic carbocycles. The average molecular weight is 508 g/mol. The molecule has 4 aromatic rings. The van der Waals surface area contributed by atoms with Gasteiger partial charge in [-0.25, -0.2) is 4.79 Å². The number of ether oxygens (including phenoxy) is 1. The third kappa shape index (κ3) is 5.40. The van der Waals surface area contributed by atoms with Crippen LogP contribution in [0.3, 0.4) is 0 Å². The summed E-state index contributed by atoms with van der Waals surface area (Å²) in [6, 6.07) is 26.5. The van der Waals surface area contributed by atoms with Crippen LogP contribution in [0.25, 0.3) is 33.2 Å². The molecule has 1 saturated heterocycles. The van der Waals surface area contributed by atoms with Crippen molar-refractivity contribution in [2.24, 2.45) is 0 Å². The van der Waals surface area contributed by atoms with Gasteiger partial charge in [0.25, 0.3) is 5.91 Å². The van der Waals surface area contributed by atoms with Crippen molar-refractivity contribution in [1.29, 1.82) is 0 Å². The second kappa shape index (κ2) is 10.3. The highest BCUT2D eigenvalue weighted by molar-refractivity contribution is 6.04. The molecule has 2 heterocycles. The van der Waals surface area contributed by atoms with Crippen molar-refractivity contribution in [1.82, 2.24) is 14.8 Å². The molecule has 0 atom stereocenters. The predicted octanol–water partition coefficient (Wildman–Crippen LogP) is 6.57. The van der Waals surface area contributed by atoms with E-state index in [4.69, 9.17) is 9.72 Å². The number of aryl methyl sites for hydroxylation is 1. The van der Waals surface area contributed by atoms with Gasteiger partial charge in [0.15, 0.2) is 0 Å². The van der Waals surface area contributed by atoms with Crippen LogP contribution in [0.4, 0.5) is 4.79 Å². The Morgan fingerprint density at radius 3 is 2.08 bits per heavy atom. The molecule has 1 fully saturated rings. The fraction of sp³-hybridized carbons (Fsp3) is 0.281. The molecule has 3 aromatic carbocycles.